The van der Waals surface area contributed by atoms with Crippen molar-refractivity contribution in [3.05, 3.63) is 83.9 Å². The van der Waals surface area contributed by atoms with E-state index in [1.165, 1.54) is 6.42 Å². The van der Waals surface area contributed by atoms with Gasteiger partial charge in [0.1, 0.15) is 0 Å². The molecule has 0 heterocycles. The molecule has 0 saturated heterocycles. The molecule has 3 saturated carbocycles. The number of rotatable bonds is 5. The normalized spacial score (nSPS) is 42.5. The highest BCUT2D eigenvalue weighted by molar-refractivity contribution is 6.81. The highest BCUT2D eigenvalue weighted by Crippen LogP contribution is 2.97. The minimum atomic E-state index is -1.42. The van der Waals surface area contributed by atoms with Gasteiger partial charge in [-0.3, -0.25) is 0 Å². The summed E-state index contributed by atoms with van der Waals surface area (Å²) in [5.41, 5.74) is 4.63. The van der Waals surface area contributed by atoms with Crippen LogP contribution in [0.3, 0.4) is 0 Å². The Balaban J connectivity index is 1.54. The van der Waals surface area contributed by atoms with Crippen molar-refractivity contribution in [3.8, 4) is 0 Å². The van der Waals surface area contributed by atoms with E-state index in [2.05, 4.69) is 112 Å². The predicted octanol–water partition coefficient (Wildman–Crippen LogP) is 7.96. The second kappa shape index (κ2) is 6.14. The minimum absolute atomic E-state index is 0.407. The highest BCUT2D eigenvalue weighted by atomic mass is 28.3. The minimum Gasteiger partial charge on any atom is -0.0848 e. The van der Waals surface area contributed by atoms with Gasteiger partial charge in [0, 0.05) is 13.5 Å². The number of allylic oxidation sites excluding steroid dienone is 2. The molecule has 0 spiro atoms. The van der Waals surface area contributed by atoms with Gasteiger partial charge in [-0.15, -0.1) is 0 Å². The average molecular weight is 443 g/mol. The van der Waals surface area contributed by atoms with Crippen molar-refractivity contribution in [2.45, 2.75) is 67.6 Å². The third-order valence-electron chi connectivity index (χ3n) is 9.97. The van der Waals surface area contributed by atoms with Gasteiger partial charge < -0.3 is 0 Å². The molecule has 0 amide bonds. The molecule has 3 fully saturated rings. The van der Waals surface area contributed by atoms with Gasteiger partial charge in [-0.05, 0) is 57.7 Å². The van der Waals surface area contributed by atoms with Crippen LogP contribution in [0.5, 0.6) is 0 Å². The van der Waals surface area contributed by atoms with Crippen LogP contribution < -0.4 is 0 Å². The molecule has 6 rings (SSSR count). The highest BCUT2D eigenvalue weighted by Gasteiger charge is 2.92. The summed E-state index contributed by atoms with van der Waals surface area (Å²) in [6.45, 7) is 16.0. The van der Waals surface area contributed by atoms with E-state index in [0.29, 0.717) is 10.5 Å². The second-order valence-electron chi connectivity index (χ2n) is 13.1. The van der Waals surface area contributed by atoms with Crippen LogP contribution in [-0.4, -0.2) is 16.1 Å². The Hall–Kier alpha value is -1.39. The Morgan fingerprint density at radius 3 is 1.90 bits per heavy atom. The van der Waals surface area contributed by atoms with Crippen LogP contribution in [0.4, 0.5) is 0 Å². The first-order chi connectivity index (χ1) is 14.7. The molecular weight excluding hydrogens is 404 g/mol. The zero-order valence-electron chi connectivity index (χ0n) is 20.1. The Morgan fingerprint density at radius 1 is 0.742 bits per heavy atom. The summed E-state index contributed by atoms with van der Waals surface area (Å²) in [5.74, 6) is 4.11. The Bertz CT molecular complexity index is 1030. The van der Waals surface area contributed by atoms with Crippen LogP contribution in [0.2, 0.25) is 49.9 Å². The molecule has 8 atom stereocenters. The monoisotopic (exact) mass is 442 g/mol. The summed E-state index contributed by atoms with van der Waals surface area (Å²) in [5, 5.41) is 0.548. The van der Waals surface area contributed by atoms with Gasteiger partial charge in [-0.25, -0.2) is 0 Å². The third-order valence-corrected chi connectivity index (χ3v) is 16.3. The summed E-state index contributed by atoms with van der Waals surface area (Å²) in [6, 6.07) is 23.4. The van der Waals surface area contributed by atoms with Crippen molar-refractivity contribution < 1.29 is 0 Å². The molecule has 0 unspecified atom stereocenters. The van der Waals surface area contributed by atoms with E-state index in [-0.39, 0.29) is 0 Å². The molecule has 2 aromatic rings. The molecule has 162 valence electrons. The van der Waals surface area contributed by atoms with E-state index in [0.717, 1.165) is 35.1 Å². The summed E-state index contributed by atoms with van der Waals surface area (Å²) < 4.78 is 0. The standard InChI is InChI=1S/C29H38Si2/c1-30(2,3)26-24(20-13-9-7-10-14-20)25(26)27-28(21-15-11-8-12-16-21)22-17-18-23(19-22)29(27,28)31(4,5)6/h7-18,22-27H,19H2,1-6H3/t22-,23+,24-,25-,26-,27+,28+,29+/m0/s1. The van der Waals surface area contributed by atoms with Crippen LogP contribution in [0.25, 0.3) is 0 Å². The van der Waals surface area contributed by atoms with Gasteiger partial charge in [0.25, 0.3) is 0 Å². The van der Waals surface area contributed by atoms with Crippen molar-refractivity contribution in [2.75, 3.05) is 0 Å². The molecule has 0 N–H and O–H groups in total. The van der Waals surface area contributed by atoms with E-state index in [4.69, 9.17) is 0 Å². The summed E-state index contributed by atoms with van der Waals surface area (Å²) in [6.07, 6.45) is 6.71. The van der Waals surface area contributed by atoms with E-state index in [9.17, 15) is 0 Å². The van der Waals surface area contributed by atoms with Gasteiger partial charge in [-0.2, -0.15) is 0 Å². The Kier molecular flexibility index (Phi) is 4.01. The number of benzene rings is 2. The fourth-order valence-electron chi connectivity index (χ4n) is 9.57. The van der Waals surface area contributed by atoms with Crippen molar-refractivity contribution in [2.24, 2.45) is 23.7 Å². The SMILES string of the molecule is C[Si](C)(C)[C@H]1[C@@H](c2ccccc2)[C@@H]1[C@@H]1[C@@]2(c3ccccc3)[C@H]3C=C[C@H](C3)[C@@]12[Si](C)(C)C. The zero-order chi connectivity index (χ0) is 21.8. The first-order valence-corrected chi connectivity index (χ1v) is 19.5. The lowest BCUT2D eigenvalue weighted by atomic mass is 9.80. The number of fused-ring (bicyclic) bond motifs is 5. The maximum absolute atomic E-state index is 2.70. The average Bonchev–Trinajstić information content (AvgIpc) is 3.53. The first kappa shape index (κ1) is 20.2. The molecule has 31 heavy (non-hydrogen) atoms. The van der Waals surface area contributed by atoms with Crippen LogP contribution >= 0.6 is 0 Å². The molecule has 2 aromatic carbocycles. The first-order valence-electron chi connectivity index (χ1n) is 12.5. The molecule has 0 radical (unpaired) electrons. The lowest BCUT2D eigenvalue weighted by Crippen LogP contribution is -2.38. The Labute approximate surface area is 191 Å². The van der Waals surface area contributed by atoms with Crippen LogP contribution in [0, 0.1) is 23.7 Å². The van der Waals surface area contributed by atoms with Crippen LogP contribution in [0.15, 0.2) is 72.8 Å². The number of hydrogen-bond acceptors (Lipinski definition) is 0. The molecule has 0 nitrogen and oxygen atoms in total. The fourth-order valence-corrected chi connectivity index (χ4v) is 16.8. The van der Waals surface area contributed by atoms with Gasteiger partial charge in [0.15, 0.2) is 0 Å². The van der Waals surface area contributed by atoms with Crippen molar-refractivity contribution in [1.29, 1.82) is 0 Å². The van der Waals surface area contributed by atoms with E-state index in [1.54, 1.807) is 11.1 Å². The second-order valence-corrected chi connectivity index (χ2v) is 23.8. The molecule has 4 aliphatic carbocycles. The molecule has 2 heteroatoms. The van der Waals surface area contributed by atoms with Crippen molar-refractivity contribution in [3.63, 3.8) is 0 Å². The topological polar surface area (TPSA) is 0 Å². The molecule has 4 aliphatic rings. The summed E-state index contributed by atoms with van der Waals surface area (Å²) >= 11 is 0. The summed E-state index contributed by atoms with van der Waals surface area (Å²) in [7, 11) is -2.68. The lowest BCUT2D eigenvalue weighted by molar-refractivity contribution is 0.417. The number of hydrogen-bond donors (Lipinski definition) is 0. The van der Waals surface area contributed by atoms with Crippen LogP contribution in [0.1, 0.15) is 23.5 Å². The fraction of sp³-hybridized carbons (Fsp3) is 0.517. The molecule has 0 aromatic heterocycles. The molecular formula is C29H38Si2. The van der Waals surface area contributed by atoms with E-state index < -0.39 is 16.1 Å². The third kappa shape index (κ3) is 2.31. The quantitative estimate of drug-likeness (QED) is 0.325. The van der Waals surface area contributed by atoms with Crippen molar-refractivity contribution in [1.82, 2.24) is 0 Å². The van der Waals surface area contributed by atoms with Crippen molar-refractivity contribution >= 4 is 16.1 Å². The zero-order valence-corrected chi connectivity index (χ0v) is 22.1. The van der Waals surface area contributed by atoms with Gasteiger partial charge in [0.2, 0.25) is 0 Å². The largest absolute Gasteiger partial charge is 0.0848 e. The predicted molar refractivity (Wildman–Crippen MR) is 138 cm³/mol. The van der Waals surface area contributed by atoms with Gasteiger partial charge in [-0.1, -0.05) is 112 Å². The van der Waals surface area contributed by atoms with Gasteiger partial charge >= 0.3 is 0 Å². The Morgan fingerprint density at radius 2 is 1.32 bits per heavy atom. The lowest BCUT2D eigenvalue weighted by Gasteiger charge is -2.37. The summed E-state index contributed by atoms with van der Waals surface area (Å²) in [4.78, 5) is 0. The molecule has 0 aliphatic heterocycles. The maximum Gasteiger partial charge on any atom is 0.0528 e. The van der Waals surface area contributed by atoms with E-state index in [1.807, 2.05) is 0 Å². The molecule has 2 bridgehead atoms. The van der Waals surface area contributed by atoms with E-state index >= 15 is 0 Å². The smallest absolute Gasteiger partial charge is 0.0528 e. The maximum atomic E-state index is 2.70. The van der Waals surface area contributed by atoms with Crippen LogP contribution in [-0.2, 0) is 5.41 Å². The van der Waals surface area contributed by atoms with Gasteiger partial charge in [0.05, 0.1) is 8.07 Å².